The van der Waals surface area contributed by atoms with E-state index in [0.29, 0.717) is 23.5 Å². The van der Waals surface area contributed by atoms with Crippen LogP contribution in [0.2, 0.25) is 5.02 Å². The number of morpholine rings is 1. The third kappa shape index (κ3) is 4.43. The van der Waals surface area contributed by atoms with Crippen molar-refractivity contribution in [3.63, 3.8) is 0 Å². The number of hydrogen-bond donors (Lipinski definition) is 2. The number of hydrogen-bond acceptors (Lipinski definition) is 7. The normalized spacial score (nSPS) is 18.2. The predicted molar refractivity (Wildman–Crippen MR) is 106 cm³/mol. The number of likely N-dealkylation sites (N-methyl/N-ethyl adjacent to an activating group) is 1. The minimum absolute atomic E-state index is 0.0667. The lowest BCUT2D eigenvalue weighted by atomic mass is 10.2. The molecular formula is C19H24ClN5O2. The quantitative estimate of drug-likeness (QED) is 0.754. The molecule has 0 atom stereocenters. The molecule has 1 saturated carbocycles. The molecule has 144 valence electrons. The van der Waals surface area contributed by atoms with E-state index in [9.17, 15) is 0 Å². The fourth-order valence-electron chi connectivity index (χ4n) is 3.04. The van der Waals surface area contributed by atoms with Crippen LogP contribution < -0.4 is 20.3 Å². The van der Waals surface area contributed by atoms with Gasteiger partial charge in [0.25, 0.3) is 0 Å². The molecule has 27 heavy (non-hydrogen) atoms. The van der Waals surface area contributed by atoms with Gasteiger partial charge in [0.2, 0.25) is 11.8 Å². The van der Waals surface area contributed by atoms with E-state index < -0.39 is 0 Å². The van der Waals surface area contributed by atoms with Crippen LogP contribution in [-0.4, -0.2) is 55.5 Å². The molecule has 1 saturated heterocycles. The van der Waals surface area contributed by atoms with E-state index in [4.69, 9.17) is 21.1 Å². The highest BCUT2D eigenvalue weighted by Gasteiger charge is 2.42. The molecule has 0 radical (unpaired) electrons. The van der Waals surface area contributed by atoms with Gasteiger partial charge in [0, 0.05) is 24.5 Å². The van der Waals surface area contributed by atoms with Crippen LogP contribution in [0.4, 0.5) is 17.3 Å². The summed E-state index contributed by atoms with van der Waals surface area (Å²) in [6.07, 6.45) is 3.77. The second-order valence-electron chi connectivity index (χ2n) is 6.94. The molecule has 2 aromatic rings. The van der Waals surface area contributed by atoms with Gasteiger partial charge in [-0.2, -0.15) is 4.98 Å². The van der Waals surface area contributed by atoms with E-state index in [2.05, 4.69) is 37.6 Å². The van der Waals surface area contributed by atoms with Crippen LogP contribution in [0.5, 0.6) is 5.88 Å². The molecule has 1 aromatic heterocycles. The van der Waals surface area contributed by atoms with Crippen molar-refractivity contribution >= 4 is 28.9 Å². The fourth-order valence-corrected chi connectivity index (χ4v) is 3.19. The number of aromatic nitrogens is 2. The Balaban J connectivity index is 1.40. The summed E-state index contributed by atoms with van der Waals surface area (Å²) in [6, 6.07) is 8.21. The SMILES string of the molecule is CNC1(COc2nc(Nc3ccc(N4CCOCC4)cc3)ncc2Cl)CC1. The second-order valence-corrected chi connectivity index (χ2v) is 7.34. The summed E-state index contributed by atoms with van der Waals surface area (Å²) in [4.78, 5) is 11.0. The highest BCUT2D eigenvalue weighted by atomic mass is 35.5. The van der Waals surface area contributed by atoms with E-state index >= 15 is 0 Å². The van der Waals surface area contributed by atoms with Crippen LogP contribution in [0.1, 0.15) is 12.8 Å². The van der Waals surface area contributed by atoms with Crippen LogP contribution in [0.15, 0.2) is 30.5 Å². The molecule has 4 rings (SSSR count). The number of benzene rings is 1. The molecule has 1 aliphatic heterocycles. The number of rotatable bonds is 7. The van der Waals surface area contributed by atoms with E-state index in [-0.39, 0.29) is 5.54 Å². The van der Waals surface area contributed by atoms with Gasteiger partial charge in [-0.3, -0.25) is 0 Å². The highest BCUT2D eigenvalue weighted by Crippen LogP contribution is 2.36. The summed E-state index contributed by atoms with van der Waals surface area (Å²) in [7, 11) is 1.95. The zero-order valence-electron chi connectivity index (χ0n) is 15.4. The maximum Gasteiger partial charge on any atom is 0.237 e. The molecule has 0 amide bonds. The lowest BCUT2D eigenvalue weighted by molar-refractivity contribution is 0.122. The van der Waals surface area contributed by atoms with Gasteiger partial charge in [0.1, 0.15) is 11.6 Å². The average Bonchev–Trinajstić information content (AvgIpc) is 3.50. The molecular weight excluding hydrogens is 366 g/mol. The topological polar surface area (TPSA) is 71.5 Å². The van der Waals surface area contributed by atoms with Crippen molar-refractivity contribution < 1.29 is 9.47 Å². The molecule has 2 N–H and O–H groups in total. The van der Waals surface area contributed by atoms with Gasteiger partial charge in [0.05, 0.1) is 24.9 Å². The first-order valence-corrected chi connectivity index (χ1v) is 9.59. The van der Waals surface area contributed by atoms with Crippen molar-refractivity contribution in [1.29, 1.82) is 0 Å². The van der Waals surface area contributed by atoms with E-state index in [0.717, 1.165) is 44.8 Å². The number of nitrogens with zero attached hydrogens (tertiary/aromatic N) is 3. The van der Waals surface area contributed by atoms with Crippen LogP contribution >= 0.6 is 11.6 Å². The largest absolute Gasteiger partial charge is 0.475 e. The Morgan fingerprint density at radius 3 is 2.63 bits per heavy atom. The lowest BCUT2D eigenvalue weighted by Gasteiger charge is -2.28. The second kappa shape index (κ2) is 7.88. The predicted octanol–water partition coefficient (Wildman–Crippen LogP) is 2.84. The standard InChI is InChI=1S/C19H24ClN5O2/c1-21-19(6-7-19)13-27-17-16(20)12-22-18(24-17)23-14-2-4-15(5-3-14)25-8-10-26-11-9-25/h2-5,12,21H,6-11,13H2,1H3,(H,22,23,24). The third-order valence-corrected chi connectivity index (χ3v) is 5.34. The molecule has 2 heterocycles. The van der Waals surface area contributed by atoms with Gasteiger partial charge in [-0.15, -0.1) is 0 Å². The molecule has 0 spiro atoms. The summed E-state index contributed by atoms with van der Waals surface area (Å²) in [5, 5.41) is 6.91. The van der Waals surface area contributed by atoms with Gasteiger partial charge in [0.15, 0.2) is 0 Å². The third-order valence-electron chi connectivity index (χ3n) is 5.08. The molecule has 8 heteroatoms. The molecule has 2 aliphatic rings. The van der Waals surface area contributed by atoms with Crippen LogP contribution in [0.3, 0.4) is 0 Å². The minimum Gasteiger partial charge on any atom is -0.475 e. The molecule has 1 aliphatic carbocycles. The Kier molecular flexibility index (Phi) is 5.33. The summed E-state index contributed by atoms with van der Waals surface area (Å²) < 4.78 is 11.2. The van der Waals surface area contributed by atoms with Crippen LogP contribution in [0, 0.1) is 0 Å². The van der Waals surface area contributed by atoms with Crippen molar-refractivity contribution in [3.8, 4) is 5.88 Å². The monoisotopic (exact) mass is 389 g/mol. The van der Waals surface area contributed by atoms with Crippen LogP contribution in [-0.2, 0) is 4.74 Å². The Bertz CT molecular complexity index is 776. The zero-order valence-corrected chi connectivity index (χ0v) is 16.1. The van der Waals surface area contributed by atoms with Crippen molar-refractivity contribution in [2.45, 2.75) is 18.4 Å². The summed E-state index contributed by atoms with van der Waals surface area (Å²) in [5.41, 5.74) is 2.16. The molecule has 0 unspecified atom stereocenters. The molecule has 0 bridgehead atoms. The van der Waals surface area contributed by atoms with E-state index in [1.807, 2.05) is 19.2 Å². The van der Waals surface area contributed by atoms with Gasteiger partial charge in [-0.1, -0.05) is 11.6 Å². The first-order chi connectivity index (χ1) is 13.2. The molecule has 2 fully saturated rings. The fraction of sp³-hybridized carbons (Fsp3) is 0.474. The number of ether oxygens (including phenoxy) is 2. The minimum atomic E-state index is 0.0667. The summed E-state index contributed by atoms with van der Waals surface area (Å²) in [6.45, 7) is 3.93. The Morgan fingerprint density at radius 2 is 1.96 bits per heavy atom. The van der Waals surface area contributed by atoms with Crippen molar-refractivity contribution in [1.82, 2.24) is 15.3 Å². The van der Waals surface area contributed by atoms with Gasteiger partial charge in [-0.05, 0) is 44.2 Å². The molecule has 7 nitrogen and oxygen atoms in total. The number of nitrogens with one attached hydrogen (secondary N) is 2. The van der Waals surface area contributed by atoms with E-state index in [1.165, 1.54) is 5.69 Å². The first kappa shape index (κ1) is 18.3. The number of halogens is 1. The van der Waals surface area contributed by atoms with Crippen molar-refractivity contribution in [3.05, 3.63) is 35.5 Å². The average molecular weight is 390 g/mol. The first-order valence-electron chi connectivity index (χ1n) is 9.21. The van der Waals surface area contributed by atoms with Gasteiger partial charge in [-0.25, -0.2) is 4.98 Å². The maximum atomic E-state index is 6.18. The Hall–Kier alpha value is -2.09. The smallest absolute Gasteiger partial charge is 0.237 e. The summed E-state index contributed by atoms with van der Waals surface area (Å²) >= 11 is 6.18. The van der Waals surface area contributed by atoms with Gasteiger partial charge >= 0.3 is 0 Å². The van der Waals surface area contributed by atoms with Crippen LogP contribution in [0.25, 0.3) is 0 Å². The summed E-state index contributed by atoms with van der Waals surface area (Å²) in [5.74, 6) is 0.864. The van der Waals surface area contributed by atoms with E-state index in [1.54, 1.807) is 6.20 Å². The lowest BCUT2D eigenvalue weighted by Crippen LogP contribution is -2.36. The Morgan fingerprint density at radius 1 is 1.22 bits per heavy atom. The number of anilines is 3. The zero-order chi connectivity index (χ0) is 18.7. The van der Waals surface area contributed by atoms with Crippen molar-refractivity contribution in [2.75, 3.05) is 50.2 Å². The van der Waals surface area contributed by atoms with Crippen molar-refractivity contribution in [2.24, 2.45) is 0 Å². The molecule has 1 aromatic carbocycles. The van der Waals surface area contributed by atoms with Gasteiger partial charge < -0.3 is 25.0 Å². The Labute approximate surface area is 164 Å². The highest BCUT2D eigenvalue weighted by molar-refractivity contribution is 6.31. The maximum absolute atomic E-state index is 6.18.